The summed E-state index contributed by atoms with van der Waals surface area (Å²) in [6, 6.07) is 18.6. The van der Waals surface area contributed by atoms with Gasteiger partial charge in [0.1, 0.15) is 0 Å². The summed E-state index contributed by atoms with van der Waals surface area (Å²) >= 11 is 0. The summed E-state index contributed by atoms with van der Waals surface area (Å²) in [5.74, 6) is 0.230. The Labute approximate surface area is 156 Å². The molecule has 0 unspecified atom stereocenters. The molecular weight excluding hydrogens is 322 g/mol. The average molecular weight is 349 g/mol. The summed E-state index contributed by atoms with van der Waals surface area (Å²) in [4.78, 5) is 11.9. The summed E-state index contributed by atoms with van der Waals surface area (Å²) in [6.45, 7) is 6.21. The smallest absolute Gasteiger partial charge is 0.156 e. The molecule has 136 valence electrons. The Kier molecular flexibility index (Phi) is 6.02. The molecule has 0 heterocycles. The number of hydrogen-bond acceptors (Lipinski definition) is 3. The van der Waals surface area contributed by atoms with Gasteiger partial charge < -0.3 is 4.74 Å². The molecule has 0 amide bonds. The van der Waals surface area contributed by atoms with Crippen LogP contribution < -0.4 is 5.32 Å². The third-order valence-corrected chi connectivity index (χ3v) is 4.63. The lowest BCUT2D eigenvalue weighted by Crippen LogP contribution is -2.21. The number of benzene rings is 2. The summed E-state index contributed by atoms with van der Waals surface area (Å²) in [5.41, 5.74) is 4.71. The van der Waals surface area contributed by atoms with Crippen molar-refractivity contribution < 1.29 is 9.53 Å². The van der Waals surface area contributed by atoms with E-state index in [0.717, 1.165) is 29.7 Å². The zero-order chi connectivity index (χ0) is 18.4. The van der Waals surface area contributed by atoms with Crippen molar-refractivity contribution in [3.63, 3.8) is 0 Å². The Morgan fingerprint density at radius 1 is 0.962 bits per heavy atom. The van der Waals surface area contributed by atoms with Gasteiger partial charge in [-0.1, -0.05) is 68.4 Å². The monoisotopic (exact) mass is 349 g/mol. The third kappa shape index (κ3) is 5.38. The van der Waals surface area contributed by atoms with E-state index >= 15 is 0 Å². The molecule has 0 aromatic heterocycles. The van der Waals surface area contributed by atoms with E-state index in [9.17, 15) is 4.79 Å². The van der Waals surface area contributed by atoms with Gasteiger partial charge >= 0.3 is 0 Å². The normalized spacial score (nSPS) is 16.4. The van der Waals surface area contributed by atoms with Crippen LogP contribution in [0.1, 0.15) is 43.4 Å². The largest absolute Gasteiger partial charge is 0.362 e. The summed E-state index contributed by atoms with van der Waals surface area (Å²) in [7, 11) is 0. The lowest BCUT2D eigenvalue weighted by molar-refractivity contribution is -0.116. The molecule has 0 atom stereocenters. The van der Waals surface area contributed by atoms with Crippen molar-refractivity contribution in [3.05, 3.63) is 77.4 Å². The predicted molar refractivity (Wildman–Crippen MR) is 105 cm³/mol. The van der Waals surface area contributed by atoms with Crippen LogP contribution in [0.4, 0.5) is 0 Å². The van der Waals surface area contributed by atoms with E-state index < -0.39 is 0 Å². The van der Waals surface area contributed by atoms with Crippen LogP contribution in [0.3, 0.4) is 0 Å². The molecule has 1 N–H and O–H groups in total. The quantitative estimate of drug-likeness (QED) is 0.580. The number of hydrogen-bond donors (Lipinski definition) is 1. The maximum atomic E-state index is 11.9. The van der Waals surface area contributed by atoms with E-state index in [-0.39, 0.29) is 11.2 Å². The van der Waals surface area contributed by atoms with E-state index in [2.05, 4.69) is 55.6 Å². The minimum atomic E-state index is 0.0490. The number of nitrogens with one attached hydrogen (secondary N) is 1. The van der Waals surface area contributed by atoms with Crippen LogP contribution in [0, 0.1) is 5.41 Å². The van der Waals surface area contributed by atoms with Gasteiger partial charge in [-0.15, -0.1) is 0 Å². The van der Waals surface area contributed by atoms with Crippen molar-refractivity contribution in [1.29, 1.82) is 0 Å². The van der Waals surface area contributed by atoms with E-state index in [0.29, 0.717) is 19.8 Å². The van der Waals surface area contributed by atoms with Gasteiger partial charge in [-0.05, 0) is 40.2 Å². The van der Waals surface area contributed by atoms with Crippen LogP contribution in [0.5, 0.6) is 0 Å². The Morgan fingerprint density at radius 3 is 2.38 bits per heavy atom. The van der Waals surface area contributed by atoms with Gasteiger partial charge in [-0.2, -0.15) is 0 Å². The molecule has 0 radical (unpaired) electrons. The van der Waals surface area contributed by atoms with Crippen LogP contribution in [0.25, 0.3) is 5.57 Å². The van der Waals surface area contributed by atoms with E-state index in [4.69, 9.17) is 4.74 Å². The molecule has 1 aliphatic carbocycles. The van der Waals surface area contributed by atoms with Crippen LogP contribution in [-0.4, -0.2) is 12.5 Å². The molecule has 3 rings (SSSR count). The molecular formula is C23H27NO2. The van der Waals surface area contributed by atoms with Gasteiger partial charge in [0.15, 0.2) is 5.78 Å². The third-order valence-electron chi connectivity index (χ3n) is 4.63. The molecule has 3 heteroatoms. The van der Waals surface area contributed by atoms with Crippen molar-refractivity contribution in [2.75, 3.05) is 6.73 Å². The minimum Gasteiger partial charge on any atom is -0.362 e. The summed E-state index contributed by atoms with van der Waals surface area (Å²) in [5, 5.41) is 3.28. The first-order valence-corrected chi connectivity index (χ1v) is 9.17. The molecule has 1 aliphatic rings. The SMILES string of the molecule is CC1(C)CC(=O)C=C(c2ccc(COCNCc3ccccc3)cc2)C1. The maximum Gasteiger partial charge on any atom is 0.156 e. The topological polar surface area (TPSA) is 38.3 Å². The van der Waals surface area contributed by atoms with Crippen LogP contribution in [0.2, 0.25) is 0 Å². The van der Waals surface area contributed by atoms with Gasteiger partial charge in [0.05, 0.1) is 13.3 Å². The zero-order valence-corrected chi connectivity index (χ0v) is 15.6. The number of ketones is 1. The van der Waals surface area contributed by atoms with Gasteiger partial charge in [0.25, 0.3) is 0 Å². The lowest BCUT2D eigenvalue weighted by atomic mass is 9.75. The first-order valence-electron chi connectivity index (χ1n) is 9.17. The molecule has 0 spiro atoms. The van der Waals surface area contributed by atoms with Crippen LogP contribution in [0.15, 0.2) is 60.7 Å². The van der Waals surface area contributed by atoms with Gasteiger partial charge in [0.2, 0.25) is 0 Å². The molecule has 0 fully saturated rings. The molecule has 26 heavy (non-hydrogen) atoms. The van der Waals surface area contributed by atoms with Crippen LogP contribution in [-0.2, 0) is 22.7 Å². The Bertz CT molecular complexity index is 761. The molecule has 2 aromatic carbocycles. The highest BCUT2D eigenvalue weighted by atomic mass is 16.5. The standard InChI is InChI=1S/C23H27NO2/c1-23(2)13-21(12-22(25)14-23)20-10-8-19(9-11-20)16-26-17-24-15-18-6-4-3-5-7-18/h3-12,24H,13-17H2,1-2H3. The number of rotatable bonds is 7. The number of ether oxygens (including phenoxy) is 1. The second-order valence-electron chi connectivity index (χ2n) is 7.76. The fourth-order valence-electron chi connectivity index (χ4n) is 3.38. The Hall–Kier alpha value is -2.23. The van der Waals surface area contributed by atoms with Gasteiger partial charge in [-0.3, -0.25) is 10.1 Å². The second kappa shape index (κ2) is 8.43. The molecule has 0 bridgehead atoms. The first kappa shape index (κ1) is 18.6. The van der Waals surface area contributed by atoms with Crippen LogP contribution >= 0.6 is 0 Å². The average Bonchev–Trinajstić information content (AvgIpc) is 2.61. The van der Waals surface area contributed by atoms with Crippen molar-refractivity contribution >= 4 is 11.4 Å². The van der Waals surface area contributed by atoms with Crippen molar-refractivity contribution in [3.8, 4) is 0 Å². The predicted octanol–water partition coefficient (Wildman–Crippen LogP) is 4.72. The van der Waals surface area contributed by atoms with Crippen molar-refractivity contribution in [1.82, 2.24) is 5.32 Å². The van der Waals surface area contributed by atoms with Crippen molar-refractivity contribution in [2.24, 2.45) is 5.41 Å². The number of allylic oxidation sites excluding steroid dienone is 2. The van der Waals surface area contributed by atoms with Crippen molar-refractivity contribution in [2.45, 2.75) is 39.8 Å². The Balaban J connectivity index is 1.47. The van der Waals surface area contributed by atoms with Gasteiger partial charge in [-0.25, -0.2) is 0 Å². The van der Waals surface area contributed by atoms with Gasteiger partial charge in [0, 0.05) is 13.0 Å². The Morgan fingerprint density at radius 2 is 1.69 bits per heavy atom. The van der Waals surface area contributed by atoms with E-state index in [1.54, 1.807) is 0 Å². The maximum absolute atomic E-state index is 11.9. The highest BCUT2D eigenvalue weighted by Gasteiger charge is 2.27. The zero-order valence-electron chi connectivity index (χ0n) is 15.6. The minimum absolute atomic E-state index is 0.0490. The molecule has 0 aliphatic heterocycles. The number of carbonyl (C=O) groups is 1. The summed E-state index contributed by atoms with van der Waals surface area (Å²) < 4.78 is 5.70. The fourth-order valence-corrected chi connectivity index (χ4v) is 3.38. The highest BCUT2D eigenvalue weighted by Crippen LogP contribution is 2.38. The fraction of sp³-hybridized carbons (Fsp3) is 0.348. The second-order valence-corrected chi connectivity index (χ2v) is 7.76. The first-order chi connectivity index (χ1) is 12.5. The summed E-state index contributed by atoms with van der Waals surface area (Å²) in [6.07, 6.45) is 3.39. The molecule has 3 nitrogen and oxygen atoms in total. The van der Waals surface area contributed by atoms with E-state index in [1.165, 1.54) is 5.56 Å². The number of carbonyl (C=O) groups excluding carboxylic acids is 1. The molecule has 2 aromatic rings. The van der Waals surface area contributed by atoms with E-state index in [1.807, 2.05) is 24.3 Å². The highest BCUT2D eigenvalue weighted by molar-refractivity contribution is 5.99. The molecule has 0 saturated heterocycles. The molecule has 0 saturated carbocycles. The lowest BCUT2D eigenvalue weighted by Gasteiger charge is -2.29.